The fourth-order valence-electron chi connectivity index (χ4n) is 5.25. The molecular formula is C29H24N8O. The molecule has 9 nitrogen and oxygen atoms in total. The maximum absolute atomic E-state index is 6.44. The first-order valence-corrected chi connectivity index (χ1v) is 12.6. The Morgan fingerprint density at radius 2 is 1.79 bits per heavy atom. The van der Waals surface area contributed by atoms with Crippen LogP contribution in [0, 0.1) is 0 Å². The second-order valence-corrected chi connectivity index (χ2v) is 9.25. The highest BCUT2D eigenvalue weighted by atomic mass is 16.5. The second-order valence-electron chi connectivity index (χ2n) is 9.25. The van der Waals surface area contributed by atoms with Crippen LogP contribution in [-0.2, 0) is 0 Å². The van der Waals surface area contributed by atoms with Crippen molar-refractivity contribution in [3.63, 3.8) is 0 Å². The number of tetrazole rings is 1. The van der Waals surface area contributed by atoms with Crippen molar-refractivity contribution in [2.24, 2.45) is 0 Å². The summed E-state index contributed by atoms with van der Waals surface area (Å²) in [5.74, 6) is 2.47. The number of ether oxygens (including phenoxy) is 1. The number of aromatic nitrogens is 7. The molecule has 6 aromatic rings. The predicted octanol–water partition coefficient (Wildman–Crippen LogP) is 5.62. The van der Waals surface area contributed by atoms with Gasteiger partial charge in [0.1, 0.15) is 11.6 Å². The zero-order valence-electron chi connectivity index (χ0n) is 20.5. The number of nitrogens with zero attached hydrogens (tertiary/aromatic N) is 6. The Balaban J connectivity index is 1.45. The van der Waals surface area contributed by atoms with E-state index in [0.29, 0.717) is 12.4 Å². The van der Waals surface area contributed by atoms with Gasteiger partial charge in [-0.2, -0.15) is 9.61 Å². The number of hydrogen-bond donors (Lipinski definition) is 2. The van der Waals surface area contributed by atoms with Crippen LogP contribution in [0.3, 0.4) is 0 Å². The van der Waals surface area contributed by atoms with Crippen LogP contribution < -0.4 is 10.1 Å². The third kappa shape index (κ3) is 3.94. The number of hydrogen-bond acceptors (Lipinski definition) is 7. The Hall–Kier alpha value is -5.05. The van der Waals surface area contributed by atoms with E-state index in [0.717, 1.165) is 58.0 Å². The molecule has 9 heteroatoms. The molecule has 0 spiro atoms. The lowest BCUT2D eigenvalue weighted by Crippen LogP contribution is -2.06. The van der Waals surface area contributed by atoms with Crippen LogP contribution in [0.1, 0.15) is 29.9 Å². The summed E-state index contributed by atoms with van der Waals surface area (Å²) in [6.45, 7) is 0.651. The molecule has 1 aliphatic rings. The SMILES string of the molecule is c1ccc(C2CCCOc3c(Nc4ccnc5ccnn45)cc(-c4ccccc4-c4nnn[nH]4)cc32)cc1. The highest BCUT2D eigenvalue weighted by molar-refractivity contribution is 5.85. The first-order chi connectivity index (χ1) is 18.8. The summed E-state index contributed by atoms with van der Waals surface area (Å²) >= 11 is 0. The van der Waals surface area contributed by atoms with E-state index in [9.17, 15) is 0 Å². The molecule has 0 saturated heterocycles. The molecule has 3 aromatic carbocycles. The van der Waals surface area contributed by atoms with Crippen LogP contribution in [0.5, 0.6) is 5.75 Å². The van der Waals surface area contributed by atoms with Crippen molar-refractivity contribution < 1.29 is 4.74 Å². The third-order valence-electron chi connectivity index (χ3n) is 6.97. The van der Waals surface area contributed by atoms with Crippen molar-refractivity contribution in [1.82, 2.24) is 35.2 Å². The van der Waals surface area contributed by atoms with Crippen molar-refractivity contribution in [3.05, 3.63) is 102 Å². The molecule has 0 bridgehead atoms. The van der Waals surface area contributed by atoms with Gasteiger partial charge in [-0.05, 0) is 58.2 Å². The monoisotopic (exact) mass is 500 g/mol. The molecule has 186 valence electrons. The normalized spacial score (nSPS) is 15.0. The van der Waals surface area contributed by atoms with E-state index in [-0.39, 0.29) is 5.92 Å². The van der Waals surface area contributed by atoms with Crippen molar-refractivity contribution in [2.75, 3.05) is 11.9 Å². The second kappa shape index (κ2) is 9.44. The van der Waals surface area contributed by atoms with Crippen LogP contribution in [0.2, 0.25) is 0 Å². The number of aromatic amines is 1. The molecular weight excluding hydrogens is 476 g/mol. The lowest BCUT2D eigenvalue weighted by atomic mass is 9.85. The summed E-state index contributed by atoms with van der Waals surface area (Å²) in [4.78, 5) is 4.41. The summed E-state index contributed by atoms with van der Waals surface area (Å²) in [5, 5.41) is 22.8. The van der Waals surface area contributed by atoms with Crippen LogP contribution in [0.15, 0.2) is 91.3 Å². The number of nitrogens with one attached hydrogen (secondary N) is 2. The van der Waals surface area contributed by atoms with Gasteiger partial charge in [0.25, 0.3) is 0 Å². The zero-order valence-corrected chi connectivity index (χ0v) is 20.5. The van der Waals surface area contributed by atoms with Crippen LogP contribution in [-0.4, -0.2) is 41.8 Å². The van der Waals surface area contributed by atoms with Crippen LogP contribution in [0.4, 0.5) is 11.5 Å². The summed E-state index contributed by atoms with van der Waals surface area (Å²) in [5.41, 5.74) is 7.03. The van der Waals surface area contributed by atoms with Gasteiger partial charge in [0.05, 0.1) is 18.5 Å². The molecule has 0 aliphatic carbocycles. The fourth-order valence-corrected chi connectivity index (χ4v) is 5.25. The van der Waals surface area contributed by atoms with Crippen LogP contribution in [0.25, 0.3) is 28.2 Å². The molecule has 7 rings (SSSR count). The Kier molecular flexibility index (Phi) is 5.51. The van der Waals surface area contributed by atoms with Crippen LogP contribution >= 0.6 is 0 Å². The van der Waals surface area contributed by atoms with E-state index in [1.165, 1.54) is 5.56 Å². The lowest BCUT2D eigenvalue weighted by molar-refractivity contribution is 0.318. The van der Waals surface area contributed by atoms with Gasteiger partial charge in [0, 0.05) is 29.3 Å². The highest BCUT2D eigenvalue weighted by Gasteiger charge is 2.26. The molecule has 1 unspecified atom stereocenters. The van der Waals surface area contributed by atoms with Crippen molar-refractivity contribution in [3.8, 4) is 28.3 Å². The maximum Gasteiger partial charge on any atom is 0.180 e. The van der Waals surface area contributed by atoms with Crippen molar-refractivity contribution in [1.29, 1.82) is 0 Å². The molecule has 0 radical (unpaired) electrons. The number of anilines is 2. The standard InChI is InChI=1S/C29H24N8O/c1-2-7-19(8-3-1)21-11-6-16-38-28-24(21)17-20(22-9-4-5-10-23(22)29-33-35-36-34-29)18-25(28)32-27-12-14-30-26-13-15-31-37(26)27/h1-5,7-10,12-15,17-18,21,32H,6,11,16H2,(H,33,34,35,36). The predicted molar refractivity (Wildman–Crippen MR) is 144 cm³/mol. The van der Waals surface area contributed by atoms with Gasteiger partial charge in [0.15, 0.2) is 11.5 Å². The summed E-state index contributed by atoms with van der Waals surface area (Å²) in [6, 6.07) is 27.0. The quantitative estimate of drug-likeness (QED) is 0.316. The molecule has 38 heavy (non-hydrogen) atoms. The summed E-state index contributed by atoms with van der Waals surface area (Å²) < 4.78 is 8.23. The molecule has 0 saturated carbocycles. The minimum absolute atomic E-state index is 0.190. The van der Waals surface area contributed by atoms with E-state index in [1.807, 2.05) is 30.3 Å². The van der Waals surface area contributed by atoms with Gasteiger partial charge in [-0.25, -0.2) is 10.1 Å². The highest BCUT2D eigenvalue weighted by Crippen LogP contribution is 2.46. The smallest absolute Gasteiger partial charge is 0.180 e. The first kappa shape index (κ1) is 22.2. The Labute approximate surface area is 218 Å². The van der Waals surface area contributed by atoms with Gasteiger partial charge in [-0.15, -0.1) is 5.10 Å². The van der Waals surface area contributed by atoms with Gasteiger partial charge in [-0.1, -0.05) is 54.6 Å². The minimum atomic E-state index is 0.190. The lowest BCUT2D eigenvalue weighted by Gasteiger charge is -2.22. The topological polar surface area (TPSA) is 106 Å². The average molecular weight is 501 g/mol. The maximum atomic E-state index is 6.44. The number of fused-ring (bicyclic) bond motifs is 2. The molecule has 2 N–H and O–H groups in total. The molecule has 4 heterocycles. The average Bonchev–Trinajstić information content (AvgIpc) is 3.63. The summed E-state index contributed by atoms with van der Waals surface area (Å²) in [6.07, 6.45) is 5.48. The minimum Gasteiger partial charge on any atom is -0.491 e. The Morgan fingerprint density at radius 1 is 0.921 bits per heavy atom. The van der Waals surface area contributed by atoms with Crippen molar-refractivity contribution >= 4 is 17.2 Å². The summed E-state index contributed by atoms with van der Waals surface area (Å²) in [7, 11) is 0. The van der Waals surface area contributed by atoms with E-state index < -0.39 is 0 Å². The molecule has 0 amide bonds. The largest absolute Gasteiger partial charge is 0.491 e. The van der Waals surface area contributed by atoms with Gasteiger partial charge < -0.3 is 10.1 Å². The van der Waals surface area contributed by atoms with Gasteiger partial charge >= 0.3 is 0 Å². The van der Waals surface area contributed by atoms with E-state index in [2.05, 4.69) is 84.6 Å². The van der Waals surface area contributed by atoms with E-state index in [1.54, 1.807) is 16.9 Å². The molecule has 3 aromatic heterocycles. The number of H-pyrrole nitrogens is 1. The van der Waals surface area contributed by atoms with Gasteiger partial charge in [0.2, 0.25) is 0 Å². The van der Waals surface area contributed by atoms with Gasteiger partial charge in [-0.3, -0.25) is 0 Å². The fraction of sp³-hybridized carbons (Fsp3) is 0.138. The first-order valence-electron chi connectivity index (χ1n) is 12.6. The molecule has 1 aliphatic heterocycles. The number of benzene rings is 3. The zero-order chi connectivity index (χ0) is 25.3. The van der Waals surface area contributed by atoms with E-state index in [4.69, 9.17) is 4.74 Å². The Morgan fingerprint density at radius 3 is 2.66 bits per heavy atom. The molecule has 0 fully saturated rings. The third-order valence-corrected chi connectivity index (χ3v) is 6.97. The Bertz CT molecular complexity index is 1710. The van der Waals surface area contributed by atoms with E-state index >= 15 is 0 Å². The number of rotatable bonds is 5. The van der Waals surface area contributed by atoms with Crippen molar-refractivity contribution in [2.45, 2.75) is 18.8 Å². The molecule has 1 atom stereocenters.